The van der Waals surface area contributed by atoms with Crippen molar-refractivity contribution in [1.82, 2.24) is 15.3 Å². The van der Waals surface area contributed by atoms with Crippen LogP contribution in [0.5, 0.6) is 0 Å². The van der Waals surface area contributed by atoms with Gasteiger partial charge in [-0.15, -0.1) is 23.1 Å². The van der Waals surface area contributed by atoms with Crippen molar-refractivity contribution >= 4 is 68.6 Å². The molecule has 0 radical (unpaired) electrons. The van der Waals surface area contributed by atoms with Crippen LogP contribution in [0.4, 0.5) is 10.8 Å². The quantitative estimate of drug-likeness (QED) is 0.0792. The molecular weight excluding hydrogens is 675 g/mol. The highest BCUT2D eigenvalue weighted by Gasteiger charge is 2.24. The number of thioether (sulfide) groups is 1. The number of carbonyl (C=O) groups excluding carboxylic acids is 3. The monoisotopic (exact) mass is 705 g/mol. The van der Waals surface area contributed by atoms with E-state index in [9.17, 15) is 14.4 Å². The van der Waals surface area contributed by atoms with Gasteiger partial charge in [-0.2, -0.15) is 0 Å². The van der Waals surface area contributed by atoms with Gasteiger partial charge < -0.3 is 20.9 Å². The molecule has 250 valence electrons. The minimum Gasteiger partial charge on any atom is -0.361 e. The summed E-state index contributed by atoms with van der Waals surface area (Å²) in [7, 11) is 0. The minimum atomic E-state index is -0.608. The molecule has 0 fully saturated rings. The molecule has 7 aromatic rings. The molecule has 10 heteroatoms. The van der Waals surface area contributed by atoms with Crippen LogP contribution in [0.15, 0.2) is 162 Å². The maximum atomic E-state index is 13.8. The molecule has 4 N–H and O–H groups in total. The van der Waals surface area contributed by atoms with E-state index < -0.39 is 17.1 Å². The fourth-order valence-electron chi connectivity index (χ4n) is 5.44. The van der Waals surface area contributed by atoms with E-state index in [4.69, 9.17) is 0 Å². The van der Waals surface area contributed by atoms with Crippen molar-refractivity contribution in [1.29, 1.82) is 0 Å². The first kappa shape index (κ1) is 33.3. The third kappa shape index (κ3) is 8.16. The number of H-pyrrole nitrogens is 1. The SMILES string of the molecule is O=C(Nc1cccc(SC(C(=O)Nc2nc(-c3ccccc3)cs2)c2ccccc2)c1)/C(=C/c1c[nH]c2ccccc12)NC(=O)c1ccccc1. The number of hydrogen-bond donors (Lipinski definition) is 4. The summed E-state index contributed by atoms with van der Waals surface area (Å²) < 4.78 is 0. The van der Waals surface area contributed by atoms with Gasteiger partial charge in [0.2, 0.25) is 5.91 Å². The average molecular weight is 706 g/mol. The Morgan fingerprint density at radius 1 is 0.765 bits per heavy atom. The minimum absolute atomic E-state index is 0.0755. The van der Waals surface area contributed by atoms with E-state index in [2.05, 4.69) is 25.9 Å². The number of benzene rings is 5. The topological polar surface area (TPSA) is 116 Å². The third-order valence-corrected chi connectivity index (χ3v) is 9.95. The Hall–Kier alpha value is -6.23. The van der Waals surface area contributed by atoms with E-state index >= 15 is 0 Å². The first-order chi connectivity index (χ1) is 25.0. The Morgan fingerprint density at radius 3 is 2.25 bits per heavy atom. The second-order valence-corrected chi connectivity index (χ2v) is 13.5. The summed E-state index contributed by atoms with van der Waals surface area (Å²) in [6, 6.07) is 43.1. The summed E-state index contributed by atoms with van der Waals surface area (Å²) in [5, 5.41) is 11.5. The normalized spacial score (nSPS) is 11.9. The molecule has 3 amide bonds. The molecule has 5 aromatic carbocycles. The number of rotatable bonds is 11. The number of carbonyl (C=O) groups is 3. The smallest absolute Gasteiger partial charge is 0.272 e. The highest BCUT2D eigenvalue weighted by molar-refractivity contribution is 8.00. The molecule has 0 spiro atoms. The highest BCUT2D eigenvalue weighted by atomic mass is 32.2. The molecule has 7 rings (SSSR count). The van der Waals surface area contributed by atoms with Crippen LogP contribution in [-0.2, 0) is 9.59 Å². The predicted octanol–water partition coefficient (Wildman–Crippen LogP) is 9.17. The zero-order chi connectivity index (χ0) is 35.0. The maximum Gasteiger partial charge on any atom is 0.272 e. The number of amides is 3. The molecule has 2 aromatic heterocycles. The van der Waals surface area contributed by atoms with E-state index in [1.165, 1.54) is 23.1 Å². The molecule has 0 saturated heterocycles. The zero-order valence-corrected chi connectivity index (χ0v) is 28.7. The van der Waals surface area contributed by atoms with Crippen LogP contribution >= 0.6 is 23.1 Å². The molecule has 51 heavy (non-hydrogen) atoms. The number of nitrogens with zero attached hydrogens (tertiary/aromatic N) is 1. The first-order valence-corrected chi connectivity index (χ1v) is 17.9. The molecule has 1 atom stereocenters. The lowest BCUT2D eigenvalue weighted by molar-refractivity contribution is -0.116. The van der Waals surface area contributed by atoms with Crippen LogP contribution in [0.25, 0.3) is 28.2 Å². The molecular formula is C41H31N5O3S2. The molecule has 0 saturated carbocycles. The highest BCUT2D eigenvalue weighted by Crippen LogP contribution is 2.38. The number of para-hydroxylation sites is 1. The number of aromatic amines is 1. The third-order valence-electron chi connectivity index (χ3n) is 7.94. The van der Waals surface area contributed by atoms with Crippen molar-refractivity contribution < 1.29 is 14.4 Å². The number of aromatic nitrogens is 2. The summed E-state index contributed by atoms with van der Waals surface area (Å²) in [5.41, 5.74) is 5.25. The fourth-order valence-corrected chi connectivity index (χ4v) is 7.24. The lowest BCUT2D eigenvalue weighted by Crippen LogP contribution is -2.30. The molecule has 2 heterocycles. The Labute approximate surface area is 302 Å². The van der Waals surface area contributed by atoms with Crippen LogP contribution in [0, 0.1) is 0 Å². The number of hydrogen-bond acceptors (Lipinski definition) is 6. The molecule has 1 unspecified atom stereocenters. The largest absolute Gasteiger partial charge is 0.361 e. The first-order valence-electron chi connectivity index (χ1n) is 16.1. The summed E-state index contributed by atoms with van der Waals surface area (Å²) in [4.78, 5) is 49.4. The molecule has 0 bridgehead atoms. The number of thiazole rings is 1. The number of fused-ring (bicyclic) bond motifs is 1. The zero-order valence-electron chi connectivity index (χ0n) is 27.1. The van der Waals surface area contributed by atoms with Crippen molar-refractivity contribution in [3.63, 3.8) is 0 Å². The standard InChI is InChI=1S/C41H31N5O3S2/c47-38(29-17-8-3-9-18-29)44-35(23-30-25-42-34-22-11-10-21-33(30)34)39(48)43-31-19-12-20-32(24-31)51-37(28-15-6-2-7-16-28)40(49)46-41-45-36(26-50-41)27-13-4-1-5-14-27/h1-26,37,42H,(H,43,48)(H,44,47)(H,45,46,49)/b35-23-. The van der Waals surface area contributed by atoms with Crippen molar-refractivity contribution in [2.24, 2.45) is 0 Å². The molecule has 0 aliphatic heterocycles. The van der Waals surface area contributed by atoms with Crippen molar-refractivity contribution in [3.05, 3.63) is 173 Å². The van der Waals surface area contributed by atoms with Gasteiger partial charge in [0, 0.05) is 49.8 Å². The summed E-state index contributed by atoms with van der Waals surface area (Å²) in [6.45, 7) is 0. The van der Waals surface area contributed by atoms with Gasteiger partial charge in [0.05, 0.1) is 5.69 Å². The fraction of sp³-hybridized carbons (Fsp3) is 0.0244. The average Bonchev–Trinajstić information content (AvgIpc) is 3.82. The van der Waals surface area contributed by atoms with E-state index in [0.717, 1.165) is 38.2 Å². The van der Waals surface area contributed by atoms with Crippen LogP contribution < -0.4 is 16.0 Å². The lowest BCUT2D eigenvalue weighted by atomic mass is 10.1. The van der Waals surface area contributed by atoms with Crippen LogP contribution in [-0.4, -0.2) is 27.7 Å². The van der Waals surface area contributed by atoms with Gasteiger partial charge in [-0.1, -0.05) is 103 Å². The van der Waals surface area contributed by atoms with E-state index in [-0.39, 0.29) is 11.6 Å². The van der Waals surface area contributed by atoms with Gasteiger partial charge >= 0.3 is 0 Å². The van der Waals surface area contributed by atoms with Gasteiger partial charge in [0.1, 0.15) is 10.9 Å². The van der Waals surface area contributed by atoms with Crippen LogP contribution in [0.1, 0.15) is 26.7 Å². The maximum absolute atomic E-state index is 13.8. The number of nitrogens with one attached hydrogen (secondary N) is 4. The van der Waals surface area contributed by atoms with Gasteiger partial charge in [0.15, 0.2) is 5.13 Å². The van der Waals surface area contributed by atoms with Gasteiger partial charge in [0.25, 0.3) is 11.8 Å². The Morgan fingerprint density at radius 2 is 1.47 bits per heavy atom. The van der Waals surface area contributed by atoms with Gasteiger partial charge in [-0.05, 0) is 48.0 Å². The van der Waals surface area contributed by atoms with Crippen molar-refractivity contribution in [2.45, 2.75) is 10.1 Å². The Kier molecular flexibility index (Phi) is 10.1. The lowest BCUT2D eigenvalue weighted by Gasteiger charge is -2.17. The Bertz CT molecular complexity index is 2340. The van der Waals surface area contributed by atoms with E-state index in [0.29, 0.717) is 16.4 Å². The second-order valence-electron chi connectivity index (χ2n) is 11.5. The number of anilines is 2. The van der Waals surface area contributed by atoms with Crippen molar-refractivity contribution in [2.75, 3.05) is 10.6 Å². The summed E-state index contributed by atoms with van der Waals surface area (Å²) in [6.07, 6.45) is 3.46. The van der Waals surface area contributed by atoms with E-state index in [1.807, 2.05) is 115 Å². The van der Waals surface area contributed by atoms with Gasteiger partial charge in [-0.25, -0.2) is 4.98 Å². The van der Waals surface area contributed by atoms with Crippen LogP contribution in [0.2, 0.25) is 0 Å². The van der Waals surface area contributed by atoms with Crippen LogP contribution in [0.3, 0.4) is 0 Å². The van der Waals surface area contributed by atoms with E-state index in [1.54, 1.807) is 42.6 Å². The summed E-state index contributed by atoms with van der Waals surface area (Å²) in [5.74, 6) is -1.13. The second kappa shape index (κ2) is 15.5. The molecule has 0 aliphatic rings. The summed E-state index contributed by atoms with van der Waals surface area (Å²) >= 11 is 2.73. The molecule has 0 aliphatic carbocycles. The molecule has 8 nitrogen and oxygen atoms in total. The Balaban J connectivity index is 1.12. The van der Waals surface area contributed by atoms with Crippen molar-refractivity contribution in [3.8, 4) is 11.3 Å². The predicted molar refractivity (Wildman–Crippen MR) is 206 cm³/mol. The van der Waals surface area contributed by atoms with Gasteiger partial charge in [-0.3, -0.25) is 14.4 Å².